The summed E-state index contributed by atoms with van der Waals surface area (Å²) in [5.41, 5.74) is 0.533. The van der Waals surface area contributed by atoms with E-state index in [-0.39, 0.29) is 31.4 Å². The lowest BCUT2D eigenvalue weighted by Gasteiger charge is -2.44. The van der Waals surface area contributed by atoms with Crippen molar-refractivity contribution in [2.24, 2.45) is 0 Å². The monoisotopic (exact) mass is 534 g/mol. The molecule has 1 fully saturated rings. The van der Waals surface area contributed by atoms with E-state index < -0.39 is 45.4 Å². The van der Waals surface area contributed by atoms with E-state index in [1.54, 1.807) is 29.3 Å². The van der Waals surface area contributed by atoms with Crippen molar-refractivity contribution in [1.82, 2.24) is 14.8 Å². The zero-order valence-electron chi connectivity index (χ0n) is 20.1. The molecule has 4 N–H and O–H groups in total. The number of carbonyl (C=O) groups excluding carboxylic acids is 1. The Bertz CT molecular complexity index is 1210. The van der Waals surface area contributed by atoms with Crippen LogP contribution in [0.3, 0.4) is 0 Å². The van der Waals surface area contributed by atoms with Gasteiger partial charge >= 0.3 is 11.9 Å². The van der Waals surface area contributed by atoms with Gasteiger partial charge in [-0.1, -0.05) is 31.0 Å². The van der Waals surface area contributed by atoms with Gasteiger partial charge in [0.25, 0.3) is 10.1 Å². The minimum absolute atomic E-state index is 0.131. The molecule has 12 nitrogen and oxygen atoms in total. The Morgan fingerprint density at radius 1 is 0.892 bits per heavy atom. The van der Waals surface area contributed by atoms with E-state index in [1.165, 1.54) is 23.1 Å². The van der Waals surface area contributed by atoms with Crippen molar-refractivity contribution in [2.45, 2.75) is 49.2 Å². The molecule has 1 aromatic carbocycles. The van der Waals surface area contributed by atoms with Crippen molar-refractivity contribution in [3.63, 3.8) is 0 Å². The second-order valence-corrected chi connectivity index (χ2v) is 10.2. The summed E-state index contributed by atoms with van der Waals surface area (Å²) in [7, 11) is -4.60. The number of para-hydroxylation sites is 1. The number of nitrogens with zero attached hydrogens (tertiary/aromatic N) is 3. The molecular weight excluding hydrogens is 504 g/mol. The number of amides is 1. The van der Waals surface area contributed by atoms with E-state index in [0.717, 1.165) is 18.9 Å². The fourth-order valence-electron chi connectivity index (χ4n) is 4.74. The molecule has 1 saturated carbocycles. The van der Waals surface area contributed by atoms with Crippen molar-refractivity contribution in [3.8, 4) is 0 Å². The first-order valence-electron chi connectivity index (χ1n) is 11.7. The molecule has 2 aromatic rings. The lowest BCUT2D eigenvalue weighted by molar-refractivity contribution is -0.143. The van der Waals surface area contributed by atoms with Gasteiger partial charge in [0.1, 0.15) is 4.90 Å². The van der Waals surface area contributed by atoms with Crippen LogP contribution in [0.25, 0.3) is 0 Å². The summed E-state index contributed by atoms with van der Waals surface area (Å²) in [6.07, 6.45) is 4.35. The predicted octanol–water partition coefficient (Wildman–Crippen LogP) is 1.55. The summed E-state index contributed by atoms with van der Waals surface area (Å²) in [5.74, 6) is -2.87. The van der Waals surface area contributed by atoms with E-state index in [2.05, 4.69) is 10.3 Å². The van der Waals surface area contributed by atoms with Gasteiger partial charge in [-0.15, -0.1) is 0 Å². The van der Waals surface area contributed by atoms with Crippen LogP contribution in [0.2, 0.25) is 0 Å². The van der Waals surface area contributed by atoms with E-state index in [1.807, 2.05) is 0 Å². The van der Waals surface area contributed by atoms with Crippen LogP contribution in [0.5, 0.6) is 0 Å². The smallest absolute Gasteiger partial charge is 0.317 e. The van der Waals surface area contributed by atoms with Crippen molar-refractivity contribution in [1.29, 1.82) is 0 Å². The molecule has 1 heterocycles. The van der Waals surface area contributed by atoms with Gasteiger partial charge in [0.15, 0.2) is 0 Å². The third-order valence-corrected chi connectivity index (χ3v) is 7.10. The van der Waals surface area contributed by atoms with E-state index >= 15 is 0 Å². The summed E-state index contributed by atoms with van der Waals surface area (Å²) >= 11 is 0. The third kappa shape index (κ3) is 8.32. The lowest BCUT2D eigenvalue weighted by Crippen LogP contribution is -2.56. The molecular formula is C24H30N4O8S. The van der Waals surface area contributed by atoms with Crippen LogP contribution in [-0.2, 0) is 31.0 Å². The van der Waals surface area contributed by atoms with Gasteiger partial charge in [0.2, 0.25) is 5.91 Å². The highest BCUT2D eigenvalue weighted by atomic mass is 32.2. The molecule has 1 aliphatic rings. The van der Waals surface area contributed by atoms with Crippen LogP contribution in [0, 0.1) is 0 Å². The normalized spacial score (nSPS) is 18.0. The number of pyridine rings is 1. The minimum atomic E-state index is -4.60. The van der Waals surface area contributed by atoms with Crippen LogP contribution in [0.1, 0.15) is 31.4 Å². The molecule has 13 heteroatoms. The Hall–Kier alpha value is -3.39. The number of rotatable bonds is 12. The topological polar surface area (TPSA) is 177 Å². The number of anilines is 1. The predicted molar refractivity (Wildman–Crippen MR) is 132 cm³/mol. The molecule has 37 heavy (non-hydrogen) atoms. The second-order valence-electron chi connectivity index (χ2n) is 8.86. The minimum Gasteiger partial charge on any atom is -0.480 e. The first-order valence-corrected chi connectivity index (χ1v) is 13.2. The van der Waals surface area contributed by atoms with Crippen LogP contribution in [-0.4, -0.2) is 87.5 Å². The maximum atomic E-state index is 12.9. The second kappa shape index (κ2) is 12.7. The fourth-order valence-corrected chi connectivity index (χ4v) is 5.39. The zero-order valence-corrected chi connectivity index (χ0v) is 20.9. The number of carboxylic acids is 2. The van der Waals surface area contributed by atoms with Crippen molar-refractivity contribution >= 4 is 33.7 Å². The summed E-state index contributed by atoms with van der Waals surface area (Å²) < 4.78 is 32.8. The molecule has 2 atom stereocenters. The fraction of sp³-hybridized carbons (Fsp3) is 0.417. The molecule has 1 unspecified atom stereocenters. The maximum Gasteiger partial charge on any atom is 0.317 e. The van der Waals surface area contributed by atoms with Crippen LogP contribution < -0.4 is 5.32 Å². The summed E-state index contributed by atoms with van der Waals surface area (Å²) in [6.45, 7) is -0.896. The van der Waals surface area contributed by atoms with E-state index in [4.69, 9.17) is 0 Å². The maximum absolute atomic E-state index is 12.9. The molecule has 3 rings (SSSR count). The molecule has 0 aliphatic heterocycles. The van der Waals surface area contributed by atoms with Gasteiger partial charge in [-0.25, -0.2) is 0 Å². The van der Waals surface area contributed by atoms with Crippen LogP contribution in [0.15, 0.2) is 53.6 Å². The van der Waals surface area contributed by atoms with Crippen molar-refractivity contribution in [2.75, 3.05) is 25.0 Å². The van der Waals surface area contributed by atoms with Gasteiger partial charge in [-0.3, -0.25) is 33.7 Å². The Kier molecular flexibility index (Phi) is 9.69. The number of aliphatic carboxylic acids is 2. The van der Waals surface area contributed by atoms with Gasteiger partial charge in [0, 0.05) is 24.8 Å². The molecule has 0 saturated heterocycles. The number of hydrogen-bond acceptors (Lipinski definition) is 8. The van der Waals surface area contributed by atoms with E-state index in [9.17, 15) is 37.6 Å². The zero-order chi connectivity index (χ0) is 27.0. The van der Waals surface area contributed by atoms with Crippen LogP contribution in [0.4, 0.5) is 5.69 Å². The highest BCUT2D eigenvalue weighted by molar-refractivity contribution is 7.86. The number of benzene rings is 1. The Morgan fingerprint density at radius 2 is 1.49 bits per heavy atom. The number of carboxylic acid groups (broad SMARTS) is 2. The van der Waals surface area contributed by atoms with Crippen LogP contribution >= 0.6 is 0 Å². The number of carbonyl (C=O) groups is 3. The van der Waals surface area contributed by atoms with Gasteiger partial charge < -0.3 is 15.5 Å². The third-order valence-electron chi connectivity index (χ3n) is 6.19. The first kappa shape index (κ1) is 28.2. The quantitative estimate of drug-likeness (QED) is 0.290. The largest absolute Gasteiger partial charge is 0.480 e. The number of aromatic nitrogens is 1. The standard InChI is InChI=1S/C24H30N4O8S/c29-22(26-18-8-1-4-11-21(18)37(34,35)36)14-28(16-24(32)33)20-10-3-2-9-19(20)27(15-23(30)31)13-17-7-5-6-12-25-17/h1,4-8,11-12,19-20H,2-3,9-10,13-16H2,(H,26,29)(H,30,31)(H,32,33)(H,34,35,36)/t19-,20?/m0/s1. The molecule has 200 valence electrons. The van der Waals surface area contributed by atoms with Gasteiger partial charge in [-0.2, -0.15) is 8.42 Å². The highest BCUT2D eigenvalue weighted by Crippen LogP contribution is 2.29. The van der Waals surface area contributed by atoms with Gasteiger partial charge in [0.05, 0.1) is 31.0 Å². The van der Waals surface area contributed by atoms with Crippen molar-refractivity contribution < 1.29 is 37.6 Å². The van der Waals surface area contributed by atoms with Gasteiger partial charge in [-0.05, 0) is 37.1 Å². The number of hydrogen-bond donors (Lipinski definition) is 4. The molecule has 0 bridgehead atoms. The average molecular weight is 535 g/mol. The SMILES string of the molecule is O=C(O)CN(CC(=O)Nc1ccccc1S(=O)(=O)O)C1CCCC[C@@H]1N(CC(=O)O)Cc1ccccn1. The molecule has 0 radical (unpaired) electrons. The number of nitrogens with one attached hydrogen (secondary N) is 1. The summed E-state index contributed by atoms with van der Waals surface area (Å²) in [6, 6.07) is 9.85. The first-order chi connectivity index (χ1) is 17.5. The summed E-state index contributed by atoms with van der Waals surface area (Å²) in [5, 5.41) is 21.6. The Balaban J connectivity index is 1.85. The lowest BCUT2D eigenvalue weighted by atomic mass is 9.87. The Morgan fingerprint density at radius 3 is 2.08 bits per heavy atom. The Labute approximate surface area is 214 Å². The highest BCUT2D eigenvalue weighted by Gasteiger charge is 2.36. The van der Waals surface area contributed by atoms with Crippen molar-refractivity contribution in [3.05, 3.63) is 54.4 Å². The molecule has 1 aliphatic carbocycles. The molecule has 0 spiro atoms. The average Bonchev–Trinajstić information content (AvgIpc) is 2.83. The van der Waals surface area contributed by atoms with E-state index in [0.29, 0.717) is 18.5 Å². The molecule has 1 amide bonds. The molecule has 1 aromatic heterocycles. The summed E-state index contributed by atoms with van der Waals surface area (Å²) in [4.78, 5) is 43.4.